The molecule has 2 fully saturated rings. The highest BCUT2D eigenvalue weighted by molar-refractivity contribution is 6.07. The lowest BCUT2D eigenvalue weighted by molar-refractivity contribution is -0.0135. The molecule has 180 valence electrons. The first kappa shape index (κ1) is 22.3. The second kappa shape index (κ2) is 9.06. The Morgan fingerprint density at radius 3 is 3.03 bits per heavy atom. The summed E-state index contributed by atoms with van der Waals surface area (Å²) in [5.41, 5.74) is 0.571. The molecule has 13 heteroatoms. The van der Waals surface area contributed by atoms with Gasteiger partial charge in [-0.15, -0.1) is 0 Å². The predicted octanol–water partition coefficient (Wildman–Crippen LogP) is 1.38. The second-order valence-corrected chi connectivity index (χ2v) is 8.26. The quantitative estimate of drug-likeness (QED) is 0.500. The van der Waals surface area contributed by atoms with Crippen LogP contribution < -0.4 is 10.1 Å². The summed E-state index contributed by atoms with van der Waals surface area (Å²) >= 11 is 0. The molecule has 4 atom stereocenters. The summed E-state index contributed by atoms with van der Waals surface area (Å²) in [6, 6.07) is 0.0575. The van der Waals surface area contributed by atoms with E-state index in [-0.39, 0.29) is 48.4 Å². The number of ether oxygens (including phenoxy) is 2. The molecule has 34 heavy (non-hydrogen) atoms. The third kappa shape index (κ3) is 4.01. The number of rotatable bonds is 5. The minimum Gasteiger partial charge on any atom is -0.481 e. The van der Waals surface area contributed by atoms with Crippen LogP contribution in [-0.2, 0) is 4.74 Å². The first-order chi connectivity index (χ1) is 16.5. The van der Waals surface area contributed by atoms with Crippen LogP contribution in [0.25, 0.3) is 11.0 Å². The van der Waals surface area contributed by atoms with E-state index < -0.39 is 30.0 Å². The average Bonchev–Trinajstić information content (AvgIpc) is 3.44. The Hall–Kier alpha value is -3.45. The van der Waals surface area contributed by atoms with Gasteiger partial charge in [0.2, 0.25) is 5.88 Å². The van der Waals surface area contributed by atoms with Crippen molar-refractivity contribution in [2.24, 2.45) is 0 Å². The standard InChI is InChI=1S/C21H23F2N7O4/c1-33-20-12(4-10(22)6-24-20)14-5-11(23)7-30(14)21(32)17-16-18(25-9-26-19(16)29-28-17)27-13-2-3-34-8-15(13)31/h4,6,9,11,13-15,31H,2-3,5,7-8H2,1H3,(H2,25,26,27,28,29)/t11-,13+,14+,15+/m0/s1. The van der Waals surface area contributed by atoms with Gasteiger partial charge in [-0.1, -0.05) is 0 Å². The molecule has 3 aromatic heterocycles. The van der Waals surface area contributed by atoms with Crippen LogP contribution in [0.3, 0.4) is 0 Å². The van der Waals surface area contributed by atoms with Gasteiger partial charge in [-0.05, 0) is 12.5 Å². The predicted molar refractivity (Wildman–Crippen MR) is 115 cm³/mol. The average molecular weight is 475 g/mol. The van der Waals surface area contributed by atoms with E-state index in [0.717, 1.165) is 6.20 Å². The number of nitrogens with one attached hydrogen (secondary N) is 2. The number of halogens is 2. The summed E-state index contributed by atoms with van der Waals surface area (Å²) < 4.78 is 39.0. The van der Waals surface area contributed by atoms with Gasteiger partial charge in [0.15, 0.2) is 5.65 Å². The van der Waals surface area contributed by atoms with Crippen LogP contribution in [-0.4, -0.2) is 86.2 Å². The Bertz CT molecular complexity index is 1210. The number of anilines is 1. The van der Waals surface area contributed by atoms with Gasteiger partial charge in [0.05, 0.1) is 50.0 Å². The van der Waals surface area contributed by atoms with Crippen molar-refractivity contribution < 1.29 is 28.2 Å². The van der Waals surface area contributed by atoms with Crippen LogP contribution in [0.1, 0.15) is 34.9 Å². The molecule has 3 N–H and O–H groups in total. The number of aliphatic hydroxyl groups excluding tert-OH is 1. The highest BCUT2D eigenvalue weighted by atomic mass is 19.1. The fraction of sp³-hybridized carbons (Fsp3) is 0.476. The van der Waals surface area contributed by atoms with Crippen molar-refractivity contribution in [2.45, 2.75) is 37.2 Å². The number of alkyl halides is 1. The molecule has 0 unspecified atom stereocenters. The Labute approximate surface area is 192 Å². The Morgan fingerprint density at radius 1 is 1.38 bits per heavy atom. The zero-order chi connectivity index (χ0) is 23.8. The molecule has 0 aromatic carbocycles. The van der Waals surface area contributed by atoms with Gasteiger partial charge in [-0.25, -0.2) is 23.7 Å². The number of nitrogens with zero attached hydrogens (tertiary/aromatic N) is 5. The lowest BCUT2D eigenvalue weighted by Gasteiger charge is -2.29. The molecule has 0 spiro atoms. The van der Waals surface area contributed by atoms with Crippen molar-refractivity contribution in [2.75, 3.05) is 32.2 Å². The third-order valence-corrected chi connectivity index (χ3v) is 6.12. The molecule has 0 radical (unpaired) electrons. The van der Waals surface area contributed by atoms with E-state index in [1.807, 2.05) is 0 Å². The van der Waals surface area contributed by atoms with Crippen LogP contribution in [0.2, 0.25) is 0 Å². The van der Waals surface area contributed by atoms with E-state index in [1.165, 1.54) is 24.4 Å². The normalized spacial score (nSPS) is 25.0. The van der Waals surface area contributed by atoms with Gasteiger partial charge in [0.25, 0.3) is 5.91 Å². The number of carbonyl (C=O) groups excluding carboxylic acids is 1. The van der Waals surface area contributed by atoms with Gasteiger partial charge in [0, 0.05) is 18.6 Å². The first-order valence-electron chi connectivity index (χ1n) is 10.8. The maximum Gasteiger partial charge on any atom is 0.273 e. The van der Waals surface area contributed by atoms with Gasteiger partial charge in [0.1, 0.15) is 29.8 Å². The van der Waals surface area contributed by atoms with E-state index in [4.69, 9.17) is 9.47 Å². The molecule has 0 saturated carbocycles. The number of fused-ring (bicyclic) bond motifs is 1. The van der Waals surface area contributed by atoms with E-state index >= 15 is 0 Å². The molecule has 2 aliphatic rings. The third-order valence-electron chi connectivity index (χ3n) is 6.12. The number of hydrogen-bond donors (Lipinski definition) is 3. The fourth-order valence-electron chi connectivity index (χ4n) is 4.49. The van der Waals surface area contributed by atoms with Crippen molar-refractivity contribution in [3.05, 3.63) is 35.7 Å². The van der Waals surface area contributed by atoms with Crippen LogP contribution in [0, 0.1) is 5.82 Å². The molecule has 0 bridgehead atoms. The summed E-state index contributed by atoms with van der Waals surface area (Å²) in [6.45, 7) is 0.454. The van der Waals surface area contributed by atoms with Crippen LogP contribution in [0.5, 0.6) is 5.88 Å². The number of carbonyl (C=O) groups is 1. The zero-order valence-electron chi connectivity index (χ0n) is 18.2. The minimum atomic E-state index is -1.32. The van der Waals surface area contributed by atoms with Gasteiger partial charge < -0.3 is 24.8 Å². The molecule has 11 nitrogen and oxygen atoms in total. The molecule has 2 aliphatic heterocycles. The first-order valence-corrected chi connectivity index (χ1v) is 10.8. The van der Waals surface area contributed by atoms with Crippen molar-refractivity contribution >= 4 is 22.8 Å². The Kier molecular flexibility index (Phi) is 5.96. The molecular weight excluding hydrogens is 452 g/mol. The minimum absolute atomic E-state index is 0.0326. The summed E-state index contributed by atoms with van der Waals surface area (Å²) in [5, 5.41) is 20.5. The molecule has 5 heterocycles. The van der Waals surface area contributed by atoms with Crippen LogP contribution in [0.15, 0.2) is 18.6 Å². The lowest BCUT2D eigenvalue weighted by atomic mass is 10.0. The number of H-pyrrole nitrogens is 1. The number of methoxy groups -OCH3 is 1. The molecule has 1 amide bonds. The van der Waals surface area contributed by atoms with Crippen LogP contribution in [0.4, 0.5) is 14.6 Å². The maximum atomic E-state index is 14.5. The summed E-state index contributed by atoms with van der Waals surface area (Å²) in [7, 11) is 1.38. The SMILES string of the molecule is COc1ncc(F)cc1[C@H]1C[C@H](F)CN1C(=O)c1[nH]nc2ncnc(N[C@@H]3CCOC[C@H]3O)c12. The molecule has 2 saturated heterocycles. The molecule has 0 aliphatic carbocycles. The topological polar surface area (TPSA) is 138 Å². The number of likely N-dealkylation sites (tertiary alicyclic amines) is 1. The number of aliphatic hydroxyl groups is 1. The number of aromatic amines is 1. The molecular formula is C21H23F2N7O4. The second-order valence-electron chi connectivity index (χ2n) is 8.26. The largest absolute Gasteiger partial charge is 0.481 e. The zero-order valence-corrected chi connectivity index (χ0v) is 18.2. The lowest BCUT2D eigenvalue weighted by Crippen LogP contribution is -2.42. The fourth-order valence-corrected chi connectivity index (χ4v) is 4.49. The Morgan fingerprint density at radius 2 is 2.24 bits per heavy atom. The Balaban J connectivity index is 1.51. The summed E-state index contributed by atoms with van der Waals surface area (Å²) in [5.74, 6) is -0.741. The van der Waals surface area contributed by atoms with E-state index in [9.17, 15) is 18.7 Å². The summed E-state index contributed by atoms with van der Waals surface area (Å²) in [6.07, 6.45) is 0.729. The van der Waals surface area contributed by atoms with Gasteiger partial charge in [-0.2, -0.15) is 5.10 Å². The van der Waals surface area contributed by atoms with Crippen molar-refractivity contribution in [1.29, 1.82) is 0 Å². The van der Waals surface area contributed by atoms with Gasteiger partial charge >= 0.3 is 0 Å². The number of hydrogen-bond acceptors (Lipinski definition) is 9. The molecule has 5 rings (SSSR count). The van der Waals surface area contributed by atoms with E-state index in [0.29, 0.717) is 24.2 Å². The maximum absolute atomic E-state index is 14.5. The van der Waals surface area contributed by atoms with Crippen molar-refractivity contribution in [1.82, 2.24) is 30.0 Å². The van der Waals surface area contributed by atoms with Crippen molar-refractivity contribution in [3.63, 3.8) is 0 Å². The van der Waals surface area contributed by atoms with E-state index in [1.54, 1.807) is 0 Å². The smallest absolute Gasteiger partial charge is 0.273 e. The molecule has 3 aromatic rings. The van der Waals surface area contributed by atoms with Gasteiger partial charge in [-0.3, -0.25) is 9.89 Å². The summed E-state index contributed by atoms with van der Waals surface area (Å²) in [4.78, 5) is 27.2. The van der Waals surface area contributed by atoms with E-state index in [2.05, 4.69) is 30.5 Å². The highest BCUT2D eigenvalue weighted by Gasteiger charge is 2.40. The number of pyridine rings is 1. The number of aromatic nitrogens is 5. The van der Waals surface area contributed by atoms with Crippen LogP contribution >= 0.6 is 0 Å². The number of amides is 1. The van der Waals surface area contributed by atoms with Crippen molar-refractivity contribution in [3.8, 4) is 5.88 Å². The highest BCUT2D eigenvalue weighted by Crippen LogP contribution is 2.39. The monoisotopic (exact) mass is 475 g/mol.